The van der Waals surface area contributed by atoms with Crippen molar-refractivity contribution in [2.45, 2.75) is 27.7 Å². The number of rotatable bonds is 0. The molecule has 3 N–H and O–H groups in total. The molecule has 0 saturated heterocycles. The zero-order valence-corrected chi connectivity index (χ0v) is 10.4. The first kappa shape index (κ1) is 11.9. The van der Waals surface area contributed by atoms with Gasteiger partial charge in [-0.3, -0.25) is 0 Å². The monoisotopic (exact) mass is 224 g/mol. The number of halogens is 1. The van der Waals surface area contributed by atoms with Gasteiger partial charge in [-0.2, -0.15) is 0 Å². The van der Waals surface area contributed by atoms with Gasteiger partial charge in [0.1, 0.15) is 0 Å². The highest BCUT2D eigenvalue weighted by Gasteiger charge is 2.10. The molecule has 1 aromatic heterocycles. The van der Waals surface area contributed by atoms with Gasteiger partial charge >= 0.3 is 0 Å². The summed E-state index contributed by atoms with van der Waals surface area (Å²) in [6.07, 6.45) is 0. The average Bonchev–Trinajstić information content (AvgIpc) is 2.39. The smallest absolute Gasteiger partial charge is 0.0482 e. The van der Waals surface area contributed by atoms with Crippen molar-refractivity contribution in [2.24, 2.45) is 0 Å². The lowest BCUT2D eigenvalue weighted by molar-refractivity contribution is 1.25. The van der Waals surface area contributed by atoms with E-state index in [4.69, 9.17) is 5.73 Å². The van der Waals surface area contributed by atoms with Crippen LogP contribution in [0.1, 0.15) is 22.4 Å². The number of nitrogens with two attached hydrogens (primary N) is 1. The molecule has 0 aliphatic heterocycles. The van der Waals surface area contributed by atoms with Crippen molar-refractivity contribution >= 4 is 29.0 Å². The Morgan fingerprint density at radius 3 is 2.20 bits per heavy atom. The van der Waals surface area contributed by atoms with Crippen molar-refractivity contribution in [3.8, 4) is 0 Å². The highest BCUT2D eigenvalue weighted by atomic mass is 35.5. The summed E-state index contributed by atoms with van der Waals surface area (Å²) in [4.78, 5) is 3.36. The fourth-order valence-corrected chi connectivity index (χ4v) is 2.01. The van der Waals surface area contributed by atoms with Crippen LogP contribution in [-0.4, -0.2) is 4.98 Å². The molecule has 0 unspecified atom stereocenters. The van der Waals surface area contributed by atoms with E-state index in [2.05, 4.69) is 32.7 Å². The van der Waals surface area contributed by atoms with Gasteiger partial charge in [-0.25, -0.2) is 0 Å². The number of hydrogen-bond acceptors (Lipinski definition) is 1. The van der Waals surface area contributed by atoms with E-state index in [-0.39, 0.29) is 12.4 Å². The summed E-state index contributed by atoms with van der Waals surface area (Å²) in [6, 6.07) is 2.03. The Hall–Kier alpha value is -1.15. The molecular weight excluding hydrogens is 208 g/mol. The SMILES string of the molecule is Cc1[nH]c2cc(N)c(C)c(C)c2c1C.Cl. The Morgan fingerprint density at radius 2 is 1.60 bits per heavy atom. The first-order valence-corrected chi connectivity index (χ1v) is 4.87. The number of H-pyrrole nitrogens is 1. The molecule has 0 aliphatic rings. The van der Waals surface area contributed by atoms with E-state index >= 15 is 0 Å². The fourth-order valence-electron chi connectivity index (χ4n) is 2.01. The highest BCUT2D eigenvalue weighted by molar-refractivity contribution is 5.91. The summed E-state index contributed by atoms with van der Waals surface area (Å²) in [6.45, 7) is 8.46. The molecule has 2 nitrogen and oxygen atoms in total. The van der Waals surface area contributed by atoms with E-state index in [1.807, 2.05) is 6.07 Å². The van der Waals surface area contributed by atoms with E-state index in [1.165, 1.54) is 27.8 Å². The van der Waals surface area contributed by atoms with Crippen LogP contribution in [0.2, 0.25) is 0 Å². The molecule has 2 rings (SSSR count). The maximum atomic E-state index is 5.93. The maximum Gasteiger partial charge on any atom is 0.0482 e. The highest BCUT2D eigenvalue weighted by Crippen LogP contribution is 2.30. The maximum absolute atomic E-state index is 5.93. The molecule has 15 heavy (non-hydrogen) atoms. The number of hydrogen-bond donors (Lipinski definition) is 2. The predicted octanol–water partition coefficient (Wildman–Crippen LogP) is 3.41. The molecular formula is C12H17ClN2. The third-order valence-electron chi connectivity index (χ3n) is 3.20. The second-order valence-electron chi connectivity index (χ2n) is 4.01. The van der Waals surface area contributed by atoms with E-state index in [0.717, 1.165) is 11.2 Å². The molecule has 0 fully saturated rings. The van der Waals surface area contributed by atoms with E-state index in [9.17, 15) is 0 Å². The van der Waals surface area contributed by atoms with Crippen molar-refractivity contribution in [3.63, 3.8) is 0 Å². The second-order valence-corrected chi connectivity index (χ2v) is 4.01. The molecule has 0 aliphatic carbocycles. The van der Waals surface area contributed by atoms with E-state index in [0.29, 0.717) is 0 Å². The zero-order valence-electron chi connectivity index (χ0n) is 9.56. The normalized spacial score (nSPS) is 10.4. The van der Waals surface area contributed by atoms with Gasteiger partial charge in [0, 0.05) is 22.3 Å². The molecule has 0 saturated carbocycles. The minimum absolute atomic E-state index is 0. The third kappa shape index (κ3) is 1.59. The predicted molar refractivity (Wildman–Crippen MR) is 68.9 cm³/mol. The van der Waals surface area contributed by atoms with Crippen molar-refractivity contribution in [1.29, 1.82) is 0 Å². The first-order chi connectivity index (χ1) is 6.52. The number of aromatic amines is 1. The van der Waals surface area contributed by atoms with Gasteiger partial charge < -0.3 is 10.7 Å². The van der Waals surface area contributed by atoms with Crippen LogP contribution in [0.3, 0.4) is 0 Å². The number of benzene rings is 1. The van der Waals surface area contributed by atoms with E-state index < -0.39 is 0 Å². The summed E-state index contributed by atoms with van der Waals surface area (Å²) < 4.78 is 0. The average molecular weight is 225 g/mol. The molecule has 0 amide bonds. The van der Waals surface area contributed by atoms with Gasteiger partial charge in [-0.05, 0) is 50.5 Å². The number of nitrogens with one attached hydrogen (secondary N) is 1. The van der Waals surface area contributed by atoms with Gasteiger partial charge in [0.05, 0.1) is 0 Å². The van der Waals surface area contributed by atoms with Crippen molar-refractivity contribution in [3.05, 3.63) is 28.5 Å². The summed E-state index contributed by atoms with van der Waals surface area (Å²) >= 11 is 0. The molecule has 0 bridgehead atoms. The Balaban J connectivity index is 0.00000112. The second kappa shape index (κ2) is 3.78. The van der Waals surface area contributed by atoms with Gasteiger partial charge in [-0.15, -0.1) is 12.4 Å². The lowest BCUT2D eigenvalue weighted by atomic mass is 10.0. The van der Waals surface area contributed by atoms with Gasteiger partial charge in [0.25, 0.3) is 0 Å². The summed E-state index contributed by atoms with van der Waals surface area (Å²) in [7, 11) is 0. The first-order valence-electron chi connectivity index (χ1n) is 4.87. The van der Waals surface area contributed by atoms with Crippen LogP contribution >= 0.6 is 12.4 Å². The number of fused-ring (bicyclic) bond motifs is 1. The molecule has 1 aromatic carbocycles. The van der Waals surface area contributed by atoms with Crippen molar-refractivity contribution in [2.75, 3.05) is 5.73 Å². The van der Waals surface area contributed by atoms with Crippen LogP contribution in [0.4, 0.5) is 5.69 Å². The minimum atomic E-state index is 0. The molecule has 0 spiro atoms. The Morgan fingerprint density at radius 1 is 1.00 bits per heavy atom. The summed E-state index contributed by atoms with van der Waals surface area (Å²) in [5.41, 5.74) is 13.0. The molecule has 2 aromatic rings. The number of aryl methyl sites for hydroxylation is 3. The van der Waals surface area contributed by atoms with Crippen molar-refractivity contribution in [1.82, 2.24) is 4.98 Å². The standard InChI is InChI=1S/C12H16N2.ClH/c1-6-7(2)12-8(3)9(4)14-11(12)5-10(6)13;/h5,14H,13H2,1-4H3;1H. The molecule has 0 atom stereocenters. The Labute approximate surface area is 96.3 Å². The quantitative estimate of drug-likeness (QED) is 0.662. The molecule has 1 heterocycles. The largest absolute Gasteiger partial charge is 0.398 e. The van der Waals surface area contributed by atoms with Crippen LogP contribution < -0.4 is 5.73 Å². The number of nitrogen functional groups attached to an aromatic ring is 1. The lowest BCUT2D eigenvalue weighted by Gasteiger charge is -2.06. The van der Waals surface area contributed by atoms with Crippen LogP contribution in [0.25, 0.3) is 10.9 Å². The minimum Gasteiger partial charge on any atom is -0.398 e. The van der Waals surface area contributed by atoms with Crippen LogP contribution in [0, 0.1) is 27.7 Å². The van der Waals surface area contributed by atoms with E-state index in [1.54, 1.807) is 0 Å². The number of anilines is 1. The Kier molecular flexibility index (Phi) is 3.00. The van der Waals surface area contributed by atoms with Crippen LogP contribution in [0.15, 0.2) is 6.07 Å². The number of aromatic nitrogens is 1. The third-order valence-corrected chi connectivity index (χ3v) is 3.20. The van der Waals surface area contributed by atoms with Gasteiger partial charge in [0.2, 0.25) is 0 Å². The van der Waals surface area contributed by atoms with Gasteiger partial charge in [-0.1, -0.05) is 0 Å². The topological polar surface area (TPSA) is 41.8 Å². The van der Waals surface area contributed by atoms with Crippen LogP contribution in [0.5, 0.6) is 0 Å². The van der Waals surface area contributed by atoms with Gasteiger partial charge in [0.15, 0.2) is 0 Å². The molecule has 82 valence electrons. The fraction of sp³-hybridized carbons (Fsp3) is 0.333. The lowest BCUT2D eigenvalue weighted by Crippen LogP contribution is -1.93. The van der Waals surface area contributed by atoms with Crippen LogP contribution in [-0.2, 0) is 0 Å². The summed E-state index contributed by atoms with van der Waals surface area (Å²) in [5.74, 6) is 0. The summed E-state index contributed by atoms with van der Waals surface area (Å²) in [5, 5.41) is 1.33. The molecule has 0 radical (unpaired) electrons. The zero-order chi connectivity index (χ0) is 10.5. The Bertz CT molecular complexity index is 512. The van der Waals surface area contributed by atoms with Crippen molar-refractivity contribution < 1.29 is 0 Å². The molecule has 3 heteroatoms.